The van der Waals surface area contributed by atoms with Gasteiger partial charge in [0.1, 0.15) is 4.90 Å². The Balaban J connectivity index is 1.83. The van der Waals surface area contributed by atoms with E-state index in [0.29, 0.717) is 16.5 Å². The van der Waals surface area contributed by atoms with Crippen LogP contribution in [0.3, 0.4) is 0 Å². The summed E-state index contributed by atoms with van der Waals surface area (Å²) >= 11 is 0. The van der Waals surface area contributed by atoms with Crippen LogP contribution in [-0.4, -0.2) is 38.9 Å². The van der Waals surface area contributed by atoms with Gasteiger partial charge in [-0.1, -0.05) is 30.3 Å². The number of anilines is 2. The number of hydrogen-bond acceptors (Lipinski definition) is 8. The van der Waals surface area contributed by atoms with Crippen molar-refractivity contribution in [1.29, 1.82) is 0 Å². The van der Waals surface area contributed by atoms with Crippen molar-refractivity contribution in [1.82, 2.24) is 0 Å². The van der Waals surface area contributed by atoms with Crippen molar-refractivity contribution in [3.8, 4) is 0 Å². The summed E-state index contributed by atoms with van der Waals surface area (Å²) in [6.07, 6.45) is 0. The monoisotopic (exact) mass is 524 g/mol. The summed E-state index contributed by atoms with van der Waals surface area (Å²) in [5, 5.41) is 1.06. The fourth-order valence-electron chi connectivity index (χ4n) is 3.47. The lowest BCUT2D eigenvalue weighted by Crippen LogP contribution is -2.11. The van der Waals surface area contributed by atoms with Crippen LogP contribution in [0, 0.1) is 0 Å². The fourth-order valence-corrected chi connectivity index (χ4v) is 5.23. The second-order valence-electron chi connectivity index (χ2n) is 7.19. The first-order chi connectivity index (χ1) is 15.7. The summed E-state index contributed by atoms with van der Waals surface area (Å²) in [6, 6.07) is 14.5. The summed E-state index contributed by atoms with van der Waals surface area (Å²) in [5.74, 6) is 0. The van der Waals surface area contributed by atoms with Gasteiger partial charge >= 0.3 is 0 Å². The van der Waals surface area contributed by atoms with Crippen molar-refractivity contribution in [2.75, 3.05) is 10.9 Å². The average molecular weight is 525 g/mol. The molecule has 0 saturated heterocycles. The van der Waals surface area contributed by atoms with Crippen LogP contribution < -0.4 is 10.9 Å². The van der Waals surface area contributed by atoms with E-state index >= 15 is 0 Å². The largest absolute Gasteiger partial charge is 0.300 e. The number of hydrogen-bond donors (Lipinski definition) is 5. The maximum atomic E-state index is 11.8. The number of fused-ring (bicyclic) bond motifs is 2. The second kappa shape index (κ2) is 8.19. The molecule has 34 heavy (non-hydrogen) atoms. The molecule has 0 saturated carbocycles. The van der Waals surface area contributed by atoms with E-state index in [2.05, 4.69) is 10.9 Å². The van der Waals surface area contributed by atoms with Gasteiger partial charge in [-0.05, 0) is 41.8 Å². The molecule has 0 fully saturated rings. The van der Waals surface area contributed by atoms with Crippen LogP contribution in [-0.2, 0) is 30.4 Å². The molecule has 4 aromatic rings. The highest BCUT2D eigenvalue weighted by Crippen LogP contribution is 2.32. The lowest BCUT2D eigenvalue weighted by atomic mass is 10.1. The molecule has 11 nitrogen and oxygen atoms in total. The normalized spacial score (nSPS) is 12.7. The van der Waals surface area contributed by atoms with Gasteiger partial charge in [-0.25, -0.2) is 0 Å². The van der Waals surface area contributed by atoms with E-state index in [1.165, 1.54) is 24.3 Å². The smallest absolute Gasteiger partial charge is 0.295 e. The van der Waals surface area contributed by atoms with Gasteiger partial charge in [0.15, 0.2) is 0 Å². The maximum Gasteiger partial charge on any atom is 0.295 e. The molecule has 0 amide bonds. The van der Waals surface area contributed by atoms with Gasteiger partial charge < -0.3 is 10.9 Å². The van der Waals surface area contributed by atoms with Crippen molar-refractivity contribution in [2.24, 2.45) is 0 Å². The fraction of sp³-hybridized carbons (Fsp3) is 0. The van der Waals surface area contributed by atoms with Crippen molar-refractivity contribution in [3.63, 3.8) is 0 Å². The standard InChI is InChI=1S/C20H16N2O9S3/c23-32(24,25)13-5-6-15-12(9-13)10-14(33(26,27)28)11-19(15)22-21-18-7-8-20(34(29,30)31)17-4-2-1-3-16(17)18/h1-11,21-22H,(H,23,24,25)(H,26,27,28)(H,29,30,31). The number of benzene rings is 4. The third-order valence-corrected chi connectivity index (χ3v) is 7.58. The van der Waals surface area contributed by atoms with E-state index in [4.69, 9.17) is 0 Å². The van der Waals surface area contributed by atoms with Crippen LogP contribution in [0.5, 0.6) is 0 Å². The number of rotatable bonds is 6. The zero-order chi connectivity index (χ0) is 24.9. The first-order valence-corrected chi connectivity index (χ1v) is 13.6. The molecular formula is C20H16N2O9S3. The molecule has 0 unspecified atom stereocenters. The predicted octanol–water partition coefficient (Wildman–Crippen LogP) is 3.17. The van der Waals surface area contributed by atoms with Gasteiger partial charge in [0.2, 0.25) is 0 Å². The van der Waals surface area contributed by atoms with Gasteiger partial charge in [0, 0.05) is 16.2 Å². The third-order valence-electron chi connectivity index (χ3n) is 4.99. The Morgan fingerprint density at radius 3 is 1.74 bits per heavy atom. The second-order valence-corrected chi connectivity index (χ2v) is 11.4. The molecule has 178 valence electrons. The maximum absolute atomic E-state index is 11.8. The Bertz CT molecular complexity index is 1780. The summed E-state index contributed by atoms with van der Waals surface area (Å²) < 4.78 is 98.1. The minimum atomic E-state index is -4.68. The molecule has 5 N–H and O–H groups in total. The Hall–Kier alpha value is -3.27. The Morgan fingerprint density at radius 1 is 0.529 bits per heavy atom. The van der Waals surface area contributed by atoms with E-state index in [9.17, 15) is 38.9 Å². The van der Waals surface area contributed by atoms with E-state index in [1.54, 1.807) is 18.2 Å². The summed E-state index contributed by atoms with van der Waals surface area (Å²) in [5.41, 5.74) is 6.09. The molecule has 4 rings (SSSR count). The molecule has 0 heterocycles. The molecule has 0 aliphatic carbocycles. The molecule has 0 aromatic heterocycles. The lowest BCUT2D eigenvalue weighted by Gasteiger charge is -2.16. The lowest BCUT2D eigenvalue weighted by molar-refractivity contribution is 0.481. The van der Waals surface area contributed by atoms with Gasteiger partial charge in [0.05, 0.1) is 21.2 Å². The Labute approximate surface area is 194 Å². The average Bonchev–Trinajstić information content (AvgIpc) is 2.74. The van der Waals surface area contributed by atoms with E-state index in [0.717, 1.165) is 24.3 Å². The molecule has 0 aliphatic heterocycles. The van der Waals surface area contributed by atoms with Crippen LogP contribution in [0.2, 0.25) is 0 Å². The van der Waals surface area contributed by atoms with Crippen LogP contribution in [0.4, 0.5) is 11.4 Å². The van der Waals surface area contributed by atoms with Crippen LogP contribution in [0.25, 0.3) is 21.5 Å². The minimum absolute atomic E-state index is 0.0844. The molecule has 0 radical (unpaired) electrons. The molecule has 14 heteroatoms. The predicted molar refractivity (Wildman–Crippen MR) is 125 cm³/mol. The van der Waals surface area contributed by atoms with E-state index in [-0.39, 0.29) is 21.4 Å². The highest BCUT2D eigenvalue weighted by Gasteiger charge is 2.18. The molecular weight excluding hydrogens is 508 g/mol. The van der Waals surface area contributed by atoms with E-state index < -0.39 is 40.1 Å². The highest BCUT2D eigenvalue weighted by atomic mass is 32.2. The van der Waals surface area contributed by atoms with Gasteiger partial charge in [-0.2, -0.15) is 25.3 Å². The zero-order valence-corrected chi connectivity index (χ0v) is 19.3. The van der Waals surface area contributed by atoms with Gasteiger partial charge in [0.25, 0.3) is 30.4 Å². The first kappa shape index (κ1) is 23.9. The molecule has 0 spiro atoms. The van der Waals surface area contributed by atoms with Crippen molar-refractivity contribution in [3.05, 3.63) is 66.7 Å². The number of hydrazine groups is 1. The van der Waals surface area contributed by atoms with E-state index in [1.807, 2.05) is 0 Å². The third kappa shape index (κ3) is 4.68. The molecule has 0 bridgehead atoms. The quantitative estimate of drug-likeness (QED) is 0.184. The number of nitrogens with one attached hydrogen (secondary N) is 2. The summed E-state index contributed by atoms with van der Waals surface area (Å²) in [7, 11) is -13.7. The van der Waals surface area contributed by atoms with Crippen LogP contribution in [0.1, 0.15) is 0 Å². The minimum Gasteiger partial charge on any atom is -0.300 e. The van der Waals surface area contributed by atoms with Crippen LogP contribution >= 0.6 is 0 Å². The van der Waals surface area contributed by atoms with Gasteiger partial charge in [-0.15, -0.1) is 0 Å². The van der Waals surface area contributed by atoms with Crippen LogP contribution in [0.15, 0.2) is 81.4 Å². The topological polar surface area (TPSA) is 187 Å². The first-order valence-electron chi connectivity index (χ1n) is 9.29. The SMILES string of the molecule is O=S(=O)(O)c1ccc2c(NNc3ccc(S(=O)(=O)O)c4ccccc34)cc(S(=O)(=O)O)cc2c1. The van der Waals surface area contributed by atoms with Crippen molar-refractivity contribution < 1.29 is 38.9 Å². The molecule has 0 atom stereocenters. The summed E-state index contributed by atoms with van der Waals surface area (Å²) in [6.45, 7) is 0. The molecule has 4 aromatic carbocycles. The van der Waals surface area contributed by atoms with Crippen molar-refractivity contribution >= 4 is 63.3 Å². The Morgan fingerprint density at radius 2 is 1.12 bits per heavy atom. The van der Waals surface area contributed by atoms with Gasteiger partial charge in [-0.3, -0.25) is 13.7 Å². The molecule has 0 aliphatic rings. The summed E-state index contributed by atoms with van der Waals surface area (Å²) in [4.78, 5) is -1.31. The van der Waals surface area contributed by atoms with Crippen molar-refractivity contribution in [2.45, 2.75) is 14.7 Å². The highest BCUT2D eigenvalue weighted by molar-refractivity contribution is 7.86. The zero-order valence-electron chi connectivity index (χ0n) is 16.9. The Kier molecular flexibility index (Phi) is 5.75.